The number of aliphatic hydroxyl groups excluding tert-OH is 1. The maximum Gasteiger partial charge on any atom is 0.317 e. The minimum atomic E-state index is -0.399. The number of carbonyl (C=O) groups is 1. The Balaban J connectivity index is 1.55. The molecular weight excluding hydrogens is 318 g/mol. The first kappa shape index (κ1) is 18.2. The Morgan fingerprint density at radius 1 is 1.24 bits per heavy atom. The van der Waals surface area contributed by atoms with Crippen LogP contribution in [0.2, 0.25) is 0 Å². The number of hydrogen-bond donors (Lipinski definition) is 2. The molecule has 0 aliphatic carbocycles. The number of aliphatic hydroxyl groups is 1. The van der Waals surface area contributed by atoms with E-state index in [2.05, 4.69) is 15.3 Å². The predicted octanol–water partition coefficient (Wildman–Crippen LogP) is 1.21. The Morgan fingerprint density at radius 3 is 2.72 bits per heavy atom. The number of aromatic nitrogens is 2. The Hall–Kier alpha value is -1.60. The lowest BCUT2D eigenvalue weighted by molar-refractivity contribution is 0.0845. The van der Waals surface area contributed by atoms with Crippen molar-refractivity contribution in [1.82, 2.24) is 24.9 Å². The maximum absolute atomic E-state index is 12.2. The van der Waals surface area contributed by atoms with Gasteiger partial charge in [-0.1, -0.05) is 6.42 Å². The molecule has 1 fully saturated rings. The molecule has 2 amide bonds. The molecule has 0 radical (unpaired) electrons. The summed E-state index contributed by atoms with van der Waals surface area (Å²) in [5.74, 6) is 0. The summed E-state index contributed by atoms with van der Waals surface area (Å²) >= 11 is 0. The van der Waals surface area contributed by atoms with E-state index in [1.807, 2.05) is 29.6 Å². The maximum atomic E-state index is 12.2. The van der Waals surface area contributed by atoms with E-state index in [-0.39, 0.29) is 12.1 Å². The van der Waals surface area contributed by atoms with Crippen molar-refractivity contribution >= 4 is 6.03 Å². The highest BCUT2D eigenvalue weighted by Crippen LogP contribution is 2.19. The number of urea groups is 1. The summed E-state index contributed by atoms with van der Waals surface area (Å²) in [5, 5.41) is 17.8. The summed E-state index contributed by atoms with van der Waals surface area (Å²) in [6, 6.07) is 0.125. The number of hydrogen-bond acceptors (Lipinski definition) is 4. The number of amides is 2. The van der Waals surface area contributed by atoms with E-state index in [1.165, 1.54) is 19.3 Å². The Morgan fingerprint density at radius 2 is 2.00 bits per heavy atom. The van der Waals surface area contributed by atoms with Gasteiger partial charge in [0.15, 0.2) is 0 Å². The van der Waals surface area contributed by atoms with Crippen LogP contribution in [0.15, 0.2) is 6.20 Å². The number of piperidine rings is 1. The Labute approximate surface area is 150 Å². The summed E-state index contributed by atoms with van der Waals surface area (Å²) in [6.45, 7) is 8.66. The third kappa shape index (κ3) is 4.73. The lowest BCUT2D eigenvalue weighted by Crippen LogP contribution is -2.45. The van der Waals surface area contributed by atoms with Crippen molar-refractivity contribution in [2.45, 2.75) is 64.8 Å². The van der Waals surface area contributed by atoms with Crippen molar-refractivity contribution in [2.24, 2.45) is 0 Å². The summed E-state index contributed by atoms with van der Waals surface area (Å²) < 4.78 is 1.93. The van der Waals surface area contributed by atoms with E-state index in [4.69, 9.17) is 0 Å². The van der Waals surface area contributed by atoms with Gasteiger partial charge in [0.25, 0.3) is 0 Å². The van der Waals surface area contributed by atoms with Gasteiger partial charge in [0.05, 0.1) is 25.4 Å². The monoisotopic (exact) mass is 349 g/mol. The smallest absolute Gasteiger partial charge is 0.317 e. The molecule has 0 saturated carbocycles. The predicted molar refractivity (Wildman–Crippen MR) is 96.3 cm³/mol. The molecule has 1 saturated heterocycles. The second kappa shape index (κ2) is 8.19. The normalized spacial score (nSPS) is 19.8. The van der Waals surface area contributed by atoms with Crippen molar-refractivity contribution in [1.29, 1.82) is 0 Å². The topological polar surface area (TPSA) is 73.6 Å². The highest BCUT2D eigenvalue weighted by atomic mass is 16.3. The highest BCUT2D eigenvalue weighted by molar-refractivity contribution is 5.74. The van der Waals surface area contributed by atoms with E-state index < -0.39 is 6.10 Å². The molecule has 1 aromatic heterocycles. The number of rotatable bonds is 5. The van der Waals surface area contributed by atoms with Crippen LogP contribution in [0.5, 0.6) is 0 Å². The van der Waals surface area contributed by atoms with Gasteiger partial charge in [0.1, 0.15) is 0 Å². The van der Waals surface area contributed by atoms with Crippen LogP contribution >= 0.6 is 0 Å². The van der Waals surface area contributed by atoms with Gasteiger partial charge >= 0.3 is 6.03 Å². The largest absolute Gasteiger partial charge is 0.390 e. The molecule has 2 N–H and O–H groups in total. The molecule has 0 spiro atoms. The molecule has 25 heavy (non-hydrogen) atoms. The number of likely N-dealkylation sites (tertiary alicyclic amines) is 1. The number of nitrogens with one attached hydrogen (secondary N) is 1. The van der Waals surface area contributed by atoms with Crippen molar-refractivity contribution in [3.63, 3.8) is 0 Å². The van der Waals surface area contributed by atoms with Crippen LogP contribution < -0.4 is 5.32 Å². The zero-order valence-corrected chi connectivity index (χ0v) is 15.4. The molecule has 2 aliphatic heterocycles. The van der Waals surface area contributed by atoms with Crippen molar-refractivity contribution < 1.29 is 9.90 Å². The zero-order chi connectivity index (χ0) is 17.8. The Bertz CT molecular complexity index is 580. The van der Waals surface area contributed by atoms with Crippen LogP contribution in [0.25, 0.3) is 0 Å². The van der Waals surface area contributed by atoms with Crippen LogP contribution in [0.1, 0.15) is 44.4 Å². The van der Waals surface area contributed by atoms with Gasteiger partial charge in [-0.25, -0.2) is 4.79 Å². The molecule has 7 heteroatoms. The van der Waals surface area contributed by atoms with Gasteiger partial charge < -0.3 is 20.2 Å². The zero-order valence-electron chi connectivity index (χ0n) is 15.4. The van der Waals surface area contributed by atoms with Crippen molar-refractivity contribution in [2.75, 3.05) is 26.2 Å². The fourth-order valence-corrected chi connectivity index (χ4v) is 3.76. The van der Waals surface area contributed by atoms with Crippen LogP contribution in [0.4, 0.5) is 4.79 Å². The molecule has 140 valence electrons. The minimum absolute atomic E-state index is 0.0152. The minimum Gasteiger partial charge on any atom is -0.390 e. The molecule has 0 bridgehead atoms. The van der Waals surface area contributed by atoms with E-state index >= 15 is 0 Å². The lowest BCUT2D eigenvalue weighted by Gasteiger charge is -2.30. The summed E-state index contributed by atoms with van der Waals surface area (Å²) in [7, 11) is 0. The number of nitrogens with zero attached hydrogens (tertiary/aromatic N) is 4. The molecule has 2 aliphatic rings. The molecule has 1 atom stereocenters. The van der Waals surface area contributed by atoms with Crippen LogP contribution in [0.3, 0.4) is 0 Å². The fraction of sp³-hybridized carbons (Fsp3) is 0.778. The second-order valence-corrected chi connectivity index (χ2v) is 7.59. The van der Waals surface area contributed by atoms with Gasteiger partial charge in [0, 0.05) is 36.8 Å². The summed E-state index contributed by atoms with van der Waals surface area (Å²) in [5.41, 5.74) is 2.25. The first-order chi connectivity index (χ1) is 12.0. The molecule has 0 unspecified atom stereocenters. The average molecular weight is 349 g/mol. The quantitative estimate of drug-likeness (QED) is 0.838. The summed E-state index contributed by atoms with van der Waals surface area (Å²) in [4.78, 5) is 16.3. The van der Waals surface area contributed by atoms with Crippen molar-refractivity contribution in [3.05, 3.63) is 17.5 Å². The molecule has 3 rings (SSSR count). The number of β-amino-alcohol motifs (C(OH)–C–C–N with tert-alkyl or cyclic N) is 1. The first-order valence-electron chi connectivity index (χ1n) is 9.52. The third-order valence-corrected chi connectivity index (χ3v) is 5.02. The van der Waals surface area contributed by atoms with Crippen LogP contribution in [-0.2, 0) is 19.5 Å². The van der Waals surface area contributed by atoms with Crippen LogP contribution in [-0.4, -0.2) is 69.0 Å². The standard InChI is InChI=1S/C18H31N5O2/c1-14(2)20-18(25)22-9-6-17-15(11-22)10-19-23(17)13-16(24)12-21-7-4-3-5-8-21/h10,14,16,24H,3-9,11-13H2,1-2H3,(H,20,25)/t16-/m0/s1. The fourth-order valence-electron chi connectivity index (χ4n) is 3.76. The van der Waals surface area contributed by atoms with Gasteiger partial charge in [-0.3, -0.25) is 4.68 Å². The van der Waals surface area contributed by atoms with Gasteiger partial charge in [-0.15, -0.1) is 0 Å². The average Bonchev–Trinajstić information content (AvgIpc) is 2.97. The molecular formula is C18H31N5O2. The molecule has 0 aromatic carbocycles. The van der Waals surface area contributed by atoms with Gasteiger partial charge in [-0.2, -0.15) is 5.10 Å². The van der Waals surface area contributed by atoms with Gasteiger partial charge in [0.2, 0.25) is 0 Å². The van der Waals surface area contributed by atoms with E-state index in [1.54, 1.807) is 0 Å². The third-order valence-electron chi connectivity index (χ3n) is 5.02. The second-order valence-electron chi connectivity index (χ2n) is 7.59. The lowest BCUT2D eigenvalue weighted by atomic mass is 10.1. The highest BCUT2D eigenvalue weighted by Gasteiger charge is 2.25. The molecule has 1 aromatic rings. The van der Waals surface area contributed by atoms with Crippen molar-refractivity contribution in [3.8, 4) is 0 Å². The van der Waals surface area contributed by atoms with E-state index in [0.29, 0.717) is 19.6 Å². The Kier molecular flexibility index (Phi) is 5.96. The first-order valence-corrected chi connectivity index (χ1v) is 9.52. The van der Waals surface area contributed by atoms with Crippen LogP contribution in [0, 0.1) is 0 Å². The number of carbonyl (C=O) groups excluding carboxylic acids is 1. The van der Waals surface area contributed by atoms with E-state index in [9.17, 15) is 9.90 Å². The SMILES string of the molecule is CC(C)NC(=O)N1CCc2c(cnn2C[C@@H](O)CN2CCCCC2)C1. The van der Waals surface area contributed by atoms with Gasteiger partial charge in [-0.05, 0) is 39.8 Å². The molecule has 7 nitrogen and oxygen atoms in total. The summed E-state index contributed by atoms with van der Waals surface area (Å²) in [6.07, 6.45) is 6.01. The van der Waals surface area contributed by atoms with E-state index in [0.717, 1.165) is 37.3 Å². The number of fused-ring (bicyclic) bond motifs is 1. The molecule has 3 heterocycles.